The van der Waals surface area contributed by atoms with E-state index in [-0.39, 0.29) is 0 Å². The van der Waals surface area contributed by atoms with Gasteiger partial charge < -0.3 is 5.32 Å². The van der Waals surface area contributed by atoms with E-state index in [9.17, 15) is 4.21 Å². The maximum Gasteiger partial charge on any atom is 0.148 e. The van der Waals surface area contributed by atoms with Gasteiger partial charge in [-0.1, -0.05) is 0 Å². The first kappa shape index (κ1) is 11.7. The van der Waals surface area contributed by atoms with Gasteiger partial charge in [-0.2, -0.15) is 0 Å². The minimum atomic E-state index is -0.994. The summed E-state index contributed by atoms with van der Waals surface area (Å²) >= 11 is 0. The van der Waals surface area contributed by atoms with Gasteiger partial charge in [-0.05, 0) is 38.8 Å². The molecule has 0 spiro atoms. The predicted molar refractivity (Wildman–Crippen MR) is 63.6 cm³/mol. The van der Waals surface area contributed by atoms with Crippen LogP contribution in [0.2, 0.25) is 0 Å². The number of hydrogen-bond acceptors (Lipinski definition) is 4. The molecule has 0 saturated carbocycles. The average molecular weight is 239 g/mol. The molecule has 1 atom stereocenters. The third-order valence-electron chi connectivity index (χ3n) is 2.90. The molecule has 0 aliphatic carbocycles. The molecular weight excluding hydrogens is 222 g/mol. The van der Waals surface area contributed by atoms with Crippen LogP contribution in [0.1, 0.15) is 18.5 Å². The number of rotatable bonds is 3. The smallest absolute Gasteiger partial charge is 0.148 e. The molecule has 1 fully saturated rings. The highest BCUT2D eigenvalue weighted by Crippen LogP contribution is 2.16. The van der Waals surface area contributed by atoms with E-state index in [1.54, 1.807) is 12.4 Å². The Bertz CT molecular complexity index is 377. The highest BCUT2D eigenvalue weighted by atomic mass is 32.2. The van der Waals surface area contributed by atoms with Crippen molar-refractivity contribution in [2.75, 3.05) is 18.8 Å². The summed E-state index contributed by atoms with van der Waals surface area (Å²) in [6.07, 6.45) is 5.49. The zero-order valence-electron chi connectivity index (χ0n) is 9.48. The fourth-order valence-electron chi connectivity index (χ4n) is 1.96. The Morgan fingerprint density at radius 1 is 1.38 bits per heavy atom. The molecule has 1 aromatic heterocycles. The van der Waals surface area contributed by atoms with Crippen molar-refractivity contribution in [3.05, 3.63) is 18.1 Å². The van der Waals surface area contributed by atoms with Gasteiger partial charge in [0.25, 0.3) is 0 Å². The van der Waals surface area contributed by atoms with Crippen LogP contribution in [0.5, 0.6) is 0 Å². The van der Waals surface area contributed by atoms with Crippen LogP contribution >= 0.6 is 0 Å². The summed E-state index contributed by atoms with van der Waals surface area (Å²) in [5.41, 5.74) is 0.787. The maximum absolute atomic E-state index is 12.1. The lowest BCUT2D eigenvalue weighted by atomic mass is 10.0. The Labute approximate surface area is 98.3 Å². The standard InChI is InChI=1S/C11H17N3OS/c1-9-11(14-7-6-13-9)16(15)8-10-2-4-12-5-3-10/h6-7,10,12H,2-5,8H2,1H3. The molecule has 1 aromatic rings. The third-order valence-corrected chi connectivity index (χ3v) is 4.50. The second kappa shape index (κ2) is 5.50. The molecule has 0 bridgehead atoms. The number of nitrogens with one attached hydrogen (secondary N) is 1. The fraction of sp³-hybridized carbons (Fsp3) is 0.636. The lowest BCUT2D eigenvalue weighted by Crippen LogP contribution is -2.30. The Morgan fingerprint density at radius 2 is 2.06 bits per heavy atom. The molecule has 1 aliphatic rings. The highest BCUT2D eigenvalue weighted by Gasteiger charge is 2.18. The van der Waals surface area contributed by atoms with Gasteiger partial charge in [0.15, 0.2) is 0 Å². The van der Waals surface area contributed by atoms with Crippen molar-refractivity contribution in [2.24, 2.45) is 5.92 Å². The molecule has 0 radical (unpaired) electrons. The van der Waals surface area contributed by atoms with Crippen molar-refractivity contribution >= 4 is 10.8 Å². The molecular formula is C11H17N3OS. The lowest BCUT2D eigenvalue weighted by molar-refractivity contribution is 0.405. The van der Waals surface area contributed by atoms with Crippen LogP contribution in [0.4, 0.5) is 0 Å². The van der Waals surface area contributed by atoms with E-state index in [0.717, 1.165) is 37.4 Å². The first-order valence-corrected chi connectivity index (χ1v) is 6.96. The molecule has 88 valence electrons. The molecule has 1 saturated heterocycles. The van der Waals surface area contributed by atoms with Crippen molar-refractivity contribution in [1.82, 2.24) is 15.3 Å². The van der Waals surface area contributed by atoms with Gasteiger partial charge in [-0.3, -0.25) is 9.19 Å². The summed E-state index contributed by atoms with van der Waals surface area (Å²) in [6.45, 7) is 3.95. The number of hydrogen-bond donors (Lipinski definition) is 1. The number of aromatic nitrogens is 2. The van der Waals surface area contributed by atoms with Crippen molar-refractivity contribution in [3.63, 3.8) is 0 Å². The van der Waals surface area contributed by atoms with Crippen LogP contribution in [0, 0.1) is 12.8 Å². The summed E-state index contributed by atoms with van der Waals surface area (Å²) in [7, 11) is -0.994. The van der Waals surface area contributed by atoms with Gasteiger partial charge in [-0.15, -0.1) is 0 Å². The summed E-state index contributed by atoms with van der Waals surface area (Å²) in [5, 5.41) is 3.97. The monoisotopic (exact) mass is 239 g/mol. The SMILES string of the molecule is Cc1nccnc1S(=O)CC1CCNCC1. The van der Waals surface area contributed by atoms with E-state index >= 15 is 0 Å². The normalized spacial score (nSPS) is 19.6. The van der Waals surface area contributed by atoms with Crippen LogP contribution in [0.25, 0.3) is 0 Å². The van der Waals surface area contributed by atoms with Gasteiger partial charge in [-0.25, -0.2) is 4.98 Å². The minimum absolute atomic E-state index is 0.559. The third kappa shape index (κ3) is 2.86. The Hall–Kier alpha value is -0.810. The van der Waals surface area contributed by atoms with Gasteiger partial charge in [0.05, 0.1) is 16.5 Å². The van der Waals surface area contributed by atoms with E-state index in [1.807, 2.05) is 6.92 Å². The summed E-state index contributed by atoms with van der Waals surface area (Å²) in [6, 6.07) is 0. The second-order valence-electron chi connectivity index (χ2n) is 4.15. The van der Waals surface area contributed by atoms with Gasteiger partial charge in [0.2, 0.25) is 0 Å². The molecule has 1 unspecified atom stereocenters. The van der Waals surface area contributed by atoms with Crippen molar-refractivity contribution < 1.29 is 4.21 Å². The first-order valence-electron chi connectivity index (χ1n) is 5.64. The zero-order chi connectivity index (χ0) is 11.4. The van der Waals surface area contributed by atoms with Crippen LogP contribution in [0.3, 0.4) is 0 Å². The van der Waals surface area contributed by atoms with E-state index in [0.29, 0.717) is 10.9 Å². The van der Waals surface area contributed by atoms with Gasteiger partial charge in [0, 0.05) is 18.1 Å². The van der Waals surface area contributed by atoms with Crippen molar-refractivity contribution in [2.45, 2.75) is 24.8 Å². The predicted octanol–water partition coefficient (Wildman–Crippen LogP) is 0.892. The average Bonchev–Trinajstić information content (AvgIpc) is 2.31. The zero-order valence-corrected chi connectivity index (χ0v) is 10.3. The van der Waals surface area contributed by atoms with Gasteiger partial charge >= 0.3 is 0 Å². The number of nitrogens with zero attached hydrogens (tertiary/aromatic N) is 2. The molecule has 0 amide bonds. The van der Waals surface area contributed by atoms with E-state index < -0.39 is 10.8 Å². The molecule has 2 heterocycles. The van der Waals surface area contributed by atoms with E-state index in [1.165, 1.54) is 0 Å². The first-order chi connectivity index (χ1) is 7.77. The molecule has 0 aromatic carbocycles. The van der Waals surface area contributed by atoms with Crippen LogP contribution in [-0.4, -0.2) is 33.0 Å². The Balaban J connectivity index is 2.00. The molecule has 2 rings (SSSR count). The number of piperidine rings is 1. The Morgan fingerprint density at radius 3 is 2.75 bits per heavy atom. The Kier molecular flexibility index (Phi) is 4.01. The van der Waals surface area contributed by atoms with Gasteiger partial charge in [0.1, 0.15) is 5.03 Å². The van der Waals surface area contributed by atoms with Crippen molar-refractivity contribution in [1.29, 1.82) is 0 Å². The molecule has 1 aliphatic heterocycles. The quantitative estimate of drug-likeness (QED) is 0.851. The topological polar surface area (TPSA) is 54.9 Å². The summed E-state index contributed by atoms with van der Waals surface area (Å²) in [4.78, 5) is 8.29. The summed E-state index contributed by atoms with van der Waals surface area (Å²) in [5.74, 6) is 1.28. The fourth-order valence-corrected chi connectivity index (χ4v) is 3.44. The number of aryl methyl sites for hydroxylation is 1. The van der Waals surface area contributed by atoms with Crippen LogP contribution in [0.15, 0.2) is 17.4 Å². The van der Waals surface area contributed by atoms with E-state index in [4.69, 9.17) is 0 Å². The van der Waals surface area contributed by atoms with Crippen LogP contribution < -0.4 is 5.32 Å². The molecule has 1 N–H and O–H groups in total. The minimum Gasteiger partial charge on any atom is -0.317 e. The highest BCUT2D eigenvalue weighted by molar-refractivity contribution is 7.85. The van der Waals surface area contributed by atoms with E-state index in [2.05, 4.69) is 15.3 Å². The van der Waals surface area contributed by atoms with Crippen molar-refractivity contribution in [3.8, 4) is 0 Å². The molecule has 5 heteroatoms. The summed E-state index contributed by atoms with van der Waals surface area (Å²) < 4.78 is 12.1. The lowest BCUT2D eigenvalue weighted by Gasteiger charge is -2.21. The van der Waals surface area contributed by atoms with Crippen LogP contribution in [-0.2, 0) is 10.8 Å². The molecule has 4 nitrogen and oxygen atoms in total. The maximum atomic E-state index is 12.1. The second-order valence-corrected chi connectivity index (χ2v) is 5.56. The molecule has 16 heavy (non-hydrogen) atoms. The largest absolute Gasteiger partial charge is 0.317 e.